The van der Waals surface area contributed by atoms with Gasteiger partial charge in [-0.1, -0.05) is 32.6 Å². The van der Waals surface area contributed by atoms with Gasteiger partial charge in [0.05, 0.1) is 0 Å². The van der Waals surface area contributed by atoms with Crippen molar-refractivity contribution in [3.8, 4) is 0 Å². The molecule has 23 heavy (non-hydrogen) atoms. The lowest BCUT2D eigenvalue weighted by molar-refractivity contribution is -0.129. The third-order valence-corrected chi connectivity index (χ3v) is 6.02. The highest BCUT2D eigenvalue weighted by atomic mass is 16.2. The van der Waals surface area contributed by atoms with Crippen molar-refractivity contribution >= 4 is 5.91 Å². The molecule has 3 fully saturated rings. The SMILES string of the molecule is CCCN1CCC(N[C@@H]2CC(=O)N(C3CCCCCC3)C2)CC1. The lowest BCUT2D eigenvalue weighted by Crippen LogP contribution is -2.47. The first-order valence-corrected chi connectivity index (χ1v) is 10.0. The van der Waals surface area contributed by atoms with Gasteiger partial charge in [-0.05, 0) is 51.7 Å². The smallest absolute Gasteiger partial charge is 0.224 e. The summed E-state index contributed by atoms with van der Waals surface area (Å²) in [6.45, 7) is 6.90. The van der Waals surface area contributed by atoms with Crippen molar-refractivity contribution in [2.45, 2.75) is 89.3 Å². The summed E-state index contributed by atoms with van der Waals surface area (Å²) in [6.07, 6.45) is 12.3. The van der Waals surface area contributed by atoms with E-state index in [1.54, 1.807) is 0 Å². The second-order valence-corrected chi connectivity index (χ2v) is 7.88. The van der Waals surface area contributed by atoms with Crippen LogP contribution in [0.3, 0.4) is 0 Å². The number of nitrogens with one attached hydrogen (secondary N) is 1. The van der Waals surface area contributed by atoms with Gasteiger partial charge in [0.15, 0.2) is 0 Å². The molecule has 0 aromatic carbocycles. The van der Waals surface area contributed by atoms with E-state index in [2.05, 4.69) is 22.0 Å². The van der Waals surface area contributed by atoms with Crippen LogP contribution in [0.15, 0.2) is 0 Å². The molecule has 1 amide bonds. The highest BCUT2D eigenvalue weighted by molar-refractivity contribution is 5.79. The summed E-state index contributed by atoms with van der Waals surface area (Å²) in [5.74, 6) is 0.401. The molecule has 0 aromatic rings. The number of hydrogen-bond donors (Lipinski definition) is 1. The molecular formula is C19H35N3O. The van der Waals surface area contributed by atoms with Gasteiger partial charge >= 0.3 is 0 Å². The Morgan fingerprint density at radius 1 is 1.00 bits per heavy atom. The van der Waals surface area contributed by atoms with Crippen molar-refractivity contribution < 1.29 is 4.79 Å². The molecule has 0 bridgehead atoms. The molecule has 4 nitrogen and oxygen atoms in total. The molecule has 0 spiro atoms. The van der Waals surface area contributed by atoms with E-state index in [4.69, 9.17) is 0 Å². The van der Waals surface area contributed by atoms with Crippen LogP contribution in [0.2, 0.25) is 0 Å². The van der Waals surface area contributed by atoms with Gasteiger partial charge in [-0.25, -0.2) is 0 Å². The Bertz CT molecular complexity index is 371. The predicted octanol–water partition coefficient (Wildman–Crippen LogP) is 2.77. The van der Waals surface area contributed by atoms with E-state index < -0.39 is 0 Å². The molecule has 2 saturated heterocycles. The Kier molecular flexibility index (Phi) is 6.35. The zero-order valence-corrected chi connectivity index (χ0v) is 14.9. The summed E-state index contributed by atoms with van der Waals surface area (Å²) < 4.78 is 0. The Hall–Kier alpha value is -0.610. The number of rotatable bonds is 5. The average molecular weight is 322 g/mol. The number of carbonyl (C=O) groups excluding carboxylic acids is 1. The summed E-state index contributed by atoms with van der Waals surface area (Å²) >= 11 is 0. The lowest BCUT2D eigenvalue weighted by Gasteiger charge is -2.34. The number of hydrogen-bond acceptors (Lipinski definition) is 3. The largest absolute Gasteiger partial charge is 0.338 e. The average Bonchev–Trinajstić information content (AvgIpc) is 2.76. The van der Waals surface area contributed by atoms with Crippen molar-refractivity contribution in [3.63, 3.8) is 0 Å². The first-order chi connectivity index (χ1) is 11.3. The van der Waals surface area contributed by atoms with Crippen LogP contribution >= 0.6 is 0 Å². The standard InChI is InChI=1S/C19H35N3O/c1-2-11-21-12-9-16(10-13-21)20-17-14-19(23)22(15-17)18-7-5-3-4-6-8-18/h16-18,20H,2-15H2,1H3/t17-/m1/s1. The summed E-state index contributed by atoms with van der Waals surface area (Å²) in [7, 11) is 0. The molecule has 0 radical (unpaired) electrons. The van der Waals surface area contributed by atoms with Crippen LogP contribution in [0.1, 0.15) is 71.1 Å². The van der Waals surface area contributed by atoms with Crippen LogP contribution in [-0.2, 0) is 4.79 Å². The first kappa shape index (κ1) is 17.2. The van der Waals surface area contributed by atoms with Gasteiger partial charge in [0, 0.05) is 31.1 Å². The normalized spacial score (nSPS) is 29.2. The molecule has 3 aliphatic rings. The molecule has 2 heterocycles. The van der Waals surface area contributed by atoms with Crippen LogP contribution in [0.4, 0.5) is 0 Å². The monoisotopic (exact) mass is 321 g/mol. The lowest BCUT2D eigenvalue weighted by atomic mass is 10.0. The second-order valence-electron chi connectivity index (χ2n) is 7.88. The molecule has 132 valence electrons. The summed E-state index contributed by atoms with van der Waals surface area (Å²) in [5, 5.41) is 3.81. The van der Waals surface area contributed by atoms with Crippen LogP contribution in [0.5, 0.6) is 0 Å². The quantitative estimate of drug-likeness (QED) is 0.791. The zero-order valence-electron chi connectivity index (χ0n) is 14.9. The number of likely N-dealkylation sites (tertiary alicyclic amines) is 2. The van der Waals surface area contributed by atoms with Crippen LogP contribution in [-0.4, -0.2) is 60.0 Å². The molecule has 4 heteroatoms. The molecule has 1 saturated carbocycles. The van der Waals surface area contributed by atoms with Crippen LogP contribution in [0, 0.1) is 0 Å². The van der Waals surface area contributed by atoms with Crippen molar-refractivity contribution in [1.82, 2.24) is 15.1 Å². The van der Waals surface area contributed by atoms with Gasteiger partial charge in [0.1, 0.15) is 0 Å². The molecule has 1 N–H and O–H groups in total. The Balaban J connectivity index is 1.44. The predicted molar refractivity (Wildman–Crippen MR) is 94.5 cm³/mol. The van der Waals surface area contributed by atoms with Crippen molar-refractivity contribution in [2.24, 2.45) is 0 Å². The fraction of sp³-hybridized carbons (Fsp3) is 0.947. The fourth-order valence-corrected chi connectivity index (χ4v) is 4.74. The van der Waals surface area contributed by atoms with E-state index in [1.165, 1.54) is 77.4 Å². The second kappa shape index (κ2) is 8.48. The van der Waals surface area contributed by atoms with Gasteiger partial charge in [-0.3, -0.25) is 4.79 Å². The van der Waals surface area contributed by atoms with E-state index in [9.17, 15) is 4.79 Å². The van der Waals surface area contributed by atoms with Gasteiger partial charge in [0.2, 0.25) is 5.91 Å². The van der Waals surface area contributed by atoms with E-state index in [1.807, 2.05) is 0 Å². The summed E-state index contributed by atoms with van der Waals surface area (Å²) in [5.41, 5.74) is 0. The maximum Gasteiger partial charge on any atom is 0.224 e. The highest BCUT2D eigenvalue weighted by Crippen LogP contribution is 2.26. The molecular weight excluding hydrogens is 286 g/mol. The minimum absolute atomic E-state index is 0.397. The maximum absolute atomic E-state index is 12.5. The Labute approximate surface area is 142 Å². The molecule has 0 aromatic heterocycles. The van der Waals surface area contributed by atoms with Crippen LogP contribution < -0.4 is 5.32 Å². The van der Waals surface area contributed by atoms with E-state index in [0.717, 1.165) is 13.0 Å². The molecule has 1 aliphatic carbocycles. The van der Waals surface area contributed by atoms with Gasteiger partial charge < -0.3 is 15.1 Å². The van der Waals surface area contributed by atoms with Gasteiger partial charge in [0.25, 0.3) is 0 Å². The molecule has 0 unspecified atom stereocenters. The third-order valence-electron chi connectivity index (χ3n) is 6.02. The van der Waals surface area contributed by atoms with Gasteiger partial charge in [-0.15, -0.1) is 0 Å². The third kappa shape index (κ3) is 4.69. The maximum atomic E-state index is 12.5. The summed E-state index contributed by atoms with van der Waals surface area (Å²) in [4.78, 5) is 17.2. The Morgan fingerprint density at radius 3 is 2.35 bits per heavy atom. The number of nitrogens with zero attached hydrogens (tertiary/aromatic N) is 2. The van der Waals surface area contributed by atoms with Crippen LogP contribution in [0.25, 0.3) is 0 Å². The summed E-state index contributed by atoms with van der Waals surface area (Å²) in [6, 6.07) is 1.55. The fourth-order valence-electron chi connectivity index (χ4n) is 4.74. The molecule has 2 aliphatic heterocycles. The minimum Gasteiger partial charge on any atom is -0.338 e. The minimum atomic E-state index is 0.397. The first-order valence-electron chi connectivity index (χ1n) is 10.0. The van der Waals surface area contributed by atoms with E-state index >= 15 is 0 Å². The number of carbonyl (C=O) groups is 1. The van der Waals surface area contributed by atoms with E-state index in [-0.39, 0.29) is 0 Å². The zero-order chi connectivity index (χ0) is 16.1. The Morgan fingerprint density at radius 2 is 1.70 bits per heavy atom. The number of amides is 1. The van der Waals surface area contributed by atoms with Crippen molar-refractivity contribution in [1.29, 1.82) is 0 Å². The van der Waals surface area contributed by atoms with Crippen molar-refractivity contribution in [2.75, 3.05) is 26.2 Å². The van der Waals surface area contributed by atoms with Gasteiger partial charge in [-0.2, -0.15) is 0 Å². The van der Waals surface area contributed by atoms with E-state index in [0.29, 0.717) is 24.0 Å². The molecule has 3 rings (SSSR count). The topological polar surface area (TPSA) is 35.6 Å². The van der Waals surface area contributed by atoms with Crippen molar-refractivity contribution in [3.05, 3.63) is 0 Å². The highest BCUT2D eigenvalue weighted by Gasteiger charge is 2.35. The molecule has 1 atom stereocenters. The number of piperidine rings is 1.